The molecule has 0 atom stereocenters. The van der Waals surface area contributed by atoms with Gasteiger partial charge in [-0.05, 0) is 30.3 Å². The summed E-state index contributed by atoms with van der Waals surface area (Å²) in [5.41, 5.74) is 1.82. The number of hydrogen-bond acceptors (Lipinski definition) is 1. The van der Waals surface area contributed by atoms with E-state index in [9.17, 15) is 0 Å². The zero-order chi connectivity index (χ0) is 12.3. The van der Waals surface area contributed by atoms with Gasteiger partial charge in [-0.1, -0.05) is 46.9 Å². The van der Waals surface area contributed by atoms with Gasteiger partial charge in [-0.2, -0.15) is 0 Å². The topological polar surface area (TPSA) is 12.0 Å². The Balaban J connectivity index is 2.13. The first-order valence-corrected chi connectivity index (χ1v) is 6.22. The first kappa shape index (κ1) is 12.6. The third-order valence-corrected chi connectivity index (χ3v) is 3.30. The Morgan fingerprint density at radius 1 is 0.882 bits per heavy atom. The molecule has 0 amide bonds. The highest BCUT2D eigenvalue weighted by Crippen LogP contribution is 2.25. The van der Waals surface area contributed by atoms with E-state index in [-0.39, 0.29) is 0 Å². The second-order valence-corrected chi connectivity index (χ2v) is 4.81. The summed E-state index contributed by atoms with van der Waals surface area (Å²) in [6.07, 6.45) is 0. The molecule has 0 radical (unpaired) electrons. The lowest BCUT2D eigenvalue weighted by molar-refractivity contribution is 1.15. The molecule has 2 aromatic carbocycles. The van der Waals surface area contributed by atoms with E-state index in [0.29, 0.717) is 21.6 Å². The van der Waals surface area contributed by atoms with Crippen LogP contribution in [0.4, 0.5) is 5.69 Å². The Labute approximate surface area is 115 Å². The van der Waals surface area contributed by atoms with E-state index in [1.54, 1.807) is 0 Å². The van der Waals surface area contributed by atoms with Crippen molar-refractivity contribution >= 4 is 40.5 Å². The molecule has 0 bridgehead atoms. The van der Waals surface area contributed by atoms with Crippen LogP contribution in [0.2, 0.25) is 15.1 Å². The second kappa shape index (κ2) is 5.63. The second-order valence-electron chi connectivity index (χ2n) is 3.56. The highest BCUT2D eigenvalue weighted by molar-refractivity contribution is 6.36. The maximum Gasteiger partial charge on any atom is 0.0470 e. The average Bonchev–Trinajstić information content (AvgIpc) is 2.28. The molecule has 0 aliphatic rings. The van der Waals surface area contributed by atoms with Crippen LogP contribution in [0.1, 0.15) is 5.56 Å². The predicted molar refractivity (Wildman–Crippen MR) is 75.2 cm³/mol. The molecule has 2 rings (SSSR count). The van der Waals surface area contributed by atoms with Gasteiger partial charge in [0.25, 0.3) is 0 Å². The molecular formula is C13H10Cl3N. The van der Waals surface area contributed by atoms with Crippen LogP contribution in [0.15, 0.2) is 42.5 Å². The fourth-order valence-corrected chi connectivity index (χ4v) is 2.21. The van der Waals surface area contributed by atoms with Crippen molar-refractivity contribution < 1.29 is 0 Å². The molecule has 0 saturated carbocycles. The van der Waals surface area contributed by atoms with Crippen molar-refractivity contribution in [1.29, 1.82) is 0 Å². The first-order valence-electron chi connectivity index (χ1n) is 5.09. The number of nitrogens with one attached hydrogen (secondary N) is 1. The predicted octanol–water partition coefficient (Wildman–Crippen LogP) is 5.26. The molecule has 2 aromatic rings. The van der Waals surface area contributed by atoms with Crippen molar-refractivity contribution in [1.82, 2.24) is 0 Å². The SMILES string of the molecule is Clc1cccc(NCc2c(Cl)cccc2Cl)c1. The van der Waals surface area contributed by atoms with E-state index < -0.39 is 0 Å². The Hall–Kier alpha value is -0.890. The Morgan fingerprint density at radius 2 is 1.53 bits per heavy atom. The van der Waals surface area contributed by atoms with Gasteiger partial charge in [-0.15, -0.1) is 0 Å². The van der Waals surface area contributed by atoms with Crippen molar-refractivity contribution in [3.63, 3.8) is 0 Å². The van der Waals surface area contributed by atoms with Gasteiger partial charge in [0.05, 0.1) is 0 Å². The normalized spacial score (nSPS) is 10.3. The minimum atomic E-state index is 0.568. The number of hydrogen-bond donors (Lipinski definition) is 1. The summed E-state index contributed by atoms with van der Waals surface area (Å²) in [7, 11) is 0. The molecule has 17 heavy (non-hydrogen) atoms. The molecule has 0 aliphatic heterocycles. The zero-order valence-electron chi connectivity index (χ0n) is 8.88. The van der Waals surface area contributed by atoms with Gasteiger partial charge in [0, 0.05) is 32.9 Å². The standard InChI is InChI=1S/C13H10Cl3N/c14-9-3-1-4-10(7-9)17-8-11-12(15)5-2-6-13(11)16/h1-7,17H,8H2. The number of halogens is 3. The van der Waals surface area contributed by atoms with Gasteiger partial charge in [-0.25, -0.2) is 0 Å². The van der Waals surface area contributed by atoms with Crippen LogP contribution < -0.4 is 5.32 Å². The van der Waals surface area contributed by atoms with E-state index in [0.717, 1.165) is 11.3 Å². The molecule has 0 fully saturated rings. The third-order valence-electron chi connectivity index (χ3n) is 2.36. The maximum atomic E-state index is 6.08. The lowest BCUT2D eigenvalue weighted by Crippen LogP contribution is -2.00. The lowest BCUT2D eigenvalue weighted by Gasteiger charge is -2.09. The van der Waals surface area contributed by atoms with Crippen LogP contribution in [0, 0.1) is 0 Å². The molecule has 4 heteroatoms. The molecule has 0 saturated heterocycles. The zero-order valence-corrected chi connectivity index (χ0v) is 11.2. The highest BCUT2D eigenvalue weighted by atomic mass is 35.5. The molecule has 0 aromatic heterocycles. The van der Waals surface area contributed by atoms with Crippen molar-refractivity contribution in [3.05, 3.63) is 63.1 Å². The number of anilines is 1. The molecule has 0 unspecified atom stereocenters. The van der Waals surface area contributed by atoms with E-state index in [1.165, 1.54) is 0 Å². The molecule has 0 spiro atoms. The fraction of sp³-hybridized carbons (Fsp3) is 0.0769. The van der Waals surface area contributed by atoms with E-state index in [1.807, 2.05) is 42.5 Å². The molecule has 1 nitrogen and oxygen atoms in total. The minimum absolute atomic E-state index is 0.568. The van der Waals surface area contributed by atoms with Crippen molar-refractivity contribution in [3.8, 4) is 0 Å². The van der Waals surface area contributed by atoms with Crippen LogP contribution in [0.5, 0.6) is 0 Å². The first-order chi connectivity index (χ1) is 8.16. The van der Waals surface area contributed by atoms with Gasteiger partial charge in [-0.3, -0.25) is 0 Å². The van der Waals surface area contributed by atoms with Crippen LogP contribution in [-0.2, 0) is 6.54 Å². The highest BCUT2D eigenvalue weighted by Gasteiger charge is 2.04. The van der Waals surface area contributed by atoms with Crippen LogP contribution in [0.25, 0.3) is 0 Å². The van der Waals surface area contributed by atoms with E-state index in [2.05, 4.69) is 5.32 Å². The van der Waals surface area contributed by atoms with Crippen LogP contribution in [-0.4, -0.2) is 0 Å². The summed E-state index contributed by atoms with van der Waals surface area (Å²) >= 11 is 18.1. The van der Waals surface area contributed by atoms with E-state index in [4.69, 9.17) is 34.8 Å². The van der Waals surface area contributed by atoms with Gasteiger partial charge in [0.15, 0.2) is 0 Å². The molecule has 88 valence electrons. The minimum Gasteiger partial charge on any atom is -0.381 e. The monoisotopic (exact) mass is 285 g/mol. The van der Waals surface area contributed by atoms with Crippen LogP contribution in [0.3, 0.4) is 0 Å². The summed E-state index contributed by atoms with van der Waals surface area (Å²) in [5, 5.41) is 5.24. The van der Waals surface area contributed by atoms with Crippen molar-refractivity contribution in [2.75, 3.05) is 5.32 Å². The van der Waals surface area contributed by atoms with Crippen molar-refractivity contribution in [2.45, 2.75) is 6.54 Å². The van der Waals surface area contributed by atoms with Crippen molar-refractivity contribution in [2.24, 2.45) is 0 Å². The maximum absolute atomic E-state index is 6.08. The largest absolute Gasteiger partial charge is 0.381 e. The lowest BCUT2D eigenvalue weighted by atomic mass is 10.2. The number of rotatable bonds is 3. The molecule has 1 N–H and O–H groups in total. The van der Waals surface area contributed by atoms with Gasteiger partial charge < -0.3 is 5.32 Å². The Kier molecular flexibility index (Phi) is 4.16. The summed E-state index contributed by atoms with van der Waals surface area (Å²) < 4.78 is 0. The smallest absolute Gasteiger partial charge is 0.0470 e. The summed E-state index contributed by atoms with van der Waals surface area (Å²) in [6.45, 7) is 0.568. The number of benzene rings is 2. The average molecular weight is 287 g/mol. The van der Waals surface area contributed by atoms with Crippen LogP contribution >= 0.6 is 34.8 Å². The Morgan fingerprint density at radius 3 is 2.18 bits per heavy atom. The fourth-order valence-electron chi connectivity index (χ4n) is 1.49. The molecular weight excluding hydrogens is 277 g/mol. The third kappa shape index (κ3) is 3.29. The molecule has 0 aliphatic carbocycles. The summed E-state index contributed by atoms with van der Waals surface area (Å²) in [6, 6.07) is 13.0. The van der Waals surface area contributed by atoms with Gasteiger partial charge in [0.1, 0.15) is 0 Å². The summed E-state index contributed by atoms with van der Waals surface area (Å²) in [4.78, 5) is 0. The summed E-state index contributed by atoms with van der Waals surface area (Å²) in [5.74, 6) is 0. The van der Waals surface area contributed by atoms with Gasteiger partial charge in [0.2, 0.25) is 0 Å². The van der Waals surface area contributed by atoms with E-state index >= 15 is 0 Å². The molecule has 0 heterocycles. The Bertz CT molecular complexity index is 506. The quantitative estimate of drug-likeness (QED) is 0.811. The van der Waals surface area contributed by atoms with Gasteiger partial charge >= 0.3 is 0 Å².